The van der Waals surface area contributed by atoms with E-state index in [0.717, 1.165) is 10.9 Å². The lowest BCUT2D eigenvalue weighted by atomic mass is 10.1. The summed E-state index contributed by atoms with van der Waals surface area (Å²) in [6.45, 7) is 0. The summed E-state index contributed by atoms with van der Waals surface area (Å²) >= 11 is 1.89. The zero-order chi connectivity index (χ0) is 5.82. The fourth-order valence-electron chi connectivity index (χ4n) is 0.448. The molecule has 0 bridgehead atoms. The first-order valence-corrected chi connectivity index (χ1v) is 3.80. The fourth-order valence-corrected chi connectivity index (χ4v) is 1.34. The highest BCUT2D eigenvalue weighted by Crippen LogP contribution is 2.26. The van der Waals surface area contributed by atoms with Crippen molar-refractivity contribution in [2.45, 2.75) is 17.9 Å². The summed E-state index contributed by atoms with van der Waals surface area (Å²) in [4.78, 5) is 0. The SMILES string of the molecule is N#CCCSC1[B]C1. The molecule has 1 unspecified atom stereocenters. The monoisotopic (exact) mass is 124 g/mol. The van der Waals surface area contributed by atoms with Crippen molar-refractivity contribution in [2.75, 3.05) is 5.75 Å². The van der Waals surface area contributed by atoms with Crippen molar-refractivity contribution in [3.05, 3.63) is 0 Å². The minimum Gasteiger partial charge on any atom is -0.198 e. The number of rotatable bonds is 3. The highest BCUT2D eigenvalue weighted by atomic mass is 32.2. The smallest absolute Gasteiger partial charge is 0.126 e. The topological polar surface area (TPSA) is 23.8 Å². The minimum atomic E-state index is 0.703. The van der Waals surface area contributed by atoms with Crippen molar-refractivity contribution in [3.63, 3.8) is 0 Å². The Morgan fingerprint density at radius 2 is 2.62 bits per heavy atom. The molecule has 1 atom stereocenters. The second-order valence-electron chi connectivity index (χ2n) is 1.79. The first-order valence-electron chi connectivity index (χ1n) is 2.75. The summed E-state index contributed by atoms with van der Waals surface area (Å²) < 4.78 is 0. The minimum absolute atomic E-state index is 0.703. The van der Waals surface area contributed by atoms with E-state index in [1.807, 2.05) is 11.8 Å². The Morgan fingerprint density at radius 3 is 3.12 bits per heavy atom. The lowest BCUT2D eigenvalue weighted by Gasteiger charge is -1.89. The second-order valence-corrected chi connectivity index (χ2v) is 3.14. The van der Waals surface area contributed by atoms with Crippen molar-refractivity contribution >= 4 is 19.0 Å². The molecule has 0 aromatic rings. The van der Waals surface area contributed by atoms with Crippen molar-refractivity contribution in [1.82, 2.24) is 0 Å². The zero-order valence-electron chi connectivity index (χ0n) is 4.63. The molecule has 1 fully saturated rings. The largest absolute Gasteiger partial charge is 0.198 e. The fraction of sp³-hybridized carbons (Fsp3) is 0.800. The maximum Gasteiger partial charge on any atom is 0.126 e. The van der Waals surface area contributed by atoms with Crippen LogP contribution in [0.4, 0.5) is 0 Å². The third-order valence-corrected chi connectivity index (χ3v) is 2.23. The van der Waals surface area contributed by atoms with Gasteiger partial charge in [0.2, 0.25) is 0 Å². The molecule has 0 aliphatic carbocycles. The normalized spacial score (nSPS) is 23.6. The molecule has 3 heteroatoms. The van der Waals surface area contributed by atoms with Crippen LogP contribution < -0.4 is 0 Å². The average Bonchev–Trinajstić information content (AvgIpc) is 2.51. The number of thioether (sulfide) groups is 1. The van der Waals surface area contributed by atoms with Crippen molar-refractivity contribution in [1.29, 1.82) is 5.26 Å². The first kappa shape index (κ1) is 6.03. The lowest BCUT2D eigenvalue weighted by molar-refractivity contribution is 1.24. The van der Waals surface area contributed by atoms with E-state index in [0.29, 0.717) is 6.42 Å². The Hall–Kier alpha value is -0.0951. The van der Waals surface area contributed by atoms with Crippen molar-refractivity contribution in [3.8, 4) is 6.07 Å². The molecule has 1 aliphatic heterocycles. The average molecular weight is 124 g/mol. The molecule has 1 radical (unpaired) electrons. The maximum atomic E-state index is 8.13. The molecule has 0 aromatic heterocycles. The standard InChI is InChI=1S/C5H7BNS/c7-2-1-3-8-5-4-6-5/h5H,1,3-4H2. The van der Waals surface area contributed by atoms with Crippen LogP contribution in [0.3, 0.4) is 0 Å². The number of nitriles is 1. The molecule has 1 heterocycles. The van der Waals surface area contributed by atoms with E-state index in [4.69, 9.17) is 5.26 Å². The molecule has 1 rings (SSSR count). The van der Waals surface area contributed by atoms with Gasteiger partial charge in [0.1, 0.15) is 7.28 Å². The second kappa shape index (κ2) is 3.04. The van der Waals surface area contributed by atoms with Gasteiger partial charge in [-0.2, -0.15) is 17.0 Å². The molecular weight excluding hydrogens is 117 g/mol. The van der Waals surface area contributed by atoms with Gasteiger partial charge in [-0.3, -0.25) is 0 Å². The van der Waals surface area contributed by atoms with Crippen molar-refractivity contribution < 1.29 is 0 Å². The van der Waals surface area contributed by atoms with Crippen LogP contribution in [0.5, 0.6) is 0 Å². The molecule has 0 N–H and O–H groups in total. The summed E-state index contributed by atoms with van der Waals surface area (Å²) in [5.74, 6) is 1.01. The molecule has 0 spiro atoms. The Labute approximate surface area is 54.7 Å². The Balaban J connectivity index is 1.83. The quantitative estimate of drug-likeness (QED) is 0.415. The van der Waals surface area contributed by atoms with E-state index < -0.39 is 0 Å². The van der Waals surface area contributed by atoms with Gasteiger partial charge in [-0.15, -0.1) is 0 Å². The molecule has 1 nitrogen and oxygen atoms in total. The molecule has 0 amide bonds. The van der Waals surface area contributed by atoms with Gasteiger partial charge in [0.15, 0.2) is 0 Å². The Morgan fingerprint density at radius 1 is 1.88 bits per heavy atom. The van der Waals surface area contributed by atoms with E-state index >= 15 is 0 Å². The number of hydrogen-bond acceptors (Lipinski definition) is 2. The van der Waals surface area contributed by atoms with E-state index in [1.54, 1.807) is 0 Å². The van der Waals surface area contributed by atoms with Crippen LogP contribution in [-0.4, -0.2) is 18.2 Å². The summed E-state index contributed by atoms with van der Waals surface area (Å²) in [6.07, 6.45) is 1.96. The molecular formula is C5H7BNS. The van der Waals surface area contributed by atoms with Crippen LogP contribution >= 0.6 is 11.8 Å². The molecule has 0 saturated carbocycles. The van der Waals surface area contributed by atoms with Crippen LogP contribution in [0.15, 0.2) is 0 Å². The van der Waals surface area contributed by atoms with Gasteiger partial charge in [-0.1, -0.05) is 6.32 Å². The Bertz CT molecular complexity index is 105. The first-order chi connectivity index (χ1) is 3.93. The van der Waals surface area contributed by atoms with Gasteiger partial charge in [-0.25, -0.2) is 0 Å². The van der Waals surface area contributed by atoms with Gasteiger partial charge in [0.25, 0.3) is 0 Å². The van der Waals surface area contributed by atoms with Crippen LogP contribution in [0.1, 0.15) is 6.42 Å². The predicted octanol–water partition coefficient (Wildman–Crippen LogP) is 1.10. The van der Waals surface area contributed by atoms with Crippen LogP contribution in [-0.2, 0) is 0 Å². The van der Waals surface area contributed by atoms with Gasteiger partial charge >= 0.3 is 0 Å². The lowest BCUT2D eigenvalue weighted by Crippen LogP contribution is -1.79. The van der Waals surface area contributed by atoms with E-state index in [1.165, 1.54) is 6.32 Å². The predicted molar refractivity (Wildman–Crippen MR) is 37.0 cm³/mol. The van der Waals surface area contributed by atoms with Crippen LogP contribution in [0.25, 0.3) is 0 Å². The van der Waals surface area contributed by atoms with Crippen LogP contribution in [0, 0.1) is 11.3 Å². The number of hydrogen-bond donors (Lipinski definition) is 0. The van der Waals surface area contributed by atoms with Crippen LogP contribution in [0.2, 0.25) is 6.32 Å². The molecule has 0 aromatic carbocycles. The summed E-state index contributed by atoms with van der Waals surface area (Å²) in [6, 6.07) is 2.12. The molecule has 1 aliphatic rings. The molecule has 41 valence electrons. The van der Waals surface area contributed by atoms with Gasteiger partial charge in [0.05, 0.1) is 6.07 Å². The van der Waals surface area contributed by atoms with Gasteiger partial charge in [0, 0.05) is 12.2 Å². The molecule has 1 saturated heterocycles. The summed E-state index contributed by atoms with van der Waals surface area (Å²) in [7, 11) is 2.27. The summed E-state index contributed by atoms with van der Waals surface area (Å²) in [5.41, 5.74) is 0. The number of nitrogens with zero attached hydrogens (tertiary/aromatic N) is 1. The zero-order valence-corrected chi connectivity index (χ0v) is 5.45. The third-order valence-electron chi connectivity index (χ3n) is 0.974. The highest BCUT2D eigenvalue weighted by molar-refractivity contribution is 8.02. The van der Waals surface area contributed by atoms with E-state index in [9.17, 15) is 0 Å². The van der Waals surface area contributed by atoms with Gasteiger partial charge in [-0.05, 0) is 5.15 Å². The van der Waals surface area contributed by atoms with E-state index in [-0.39, 0.29) is 0 Å². The van der Waals surface area contributed by atoms with E-state index in [2.05, 4.69) is 13.3 Å². The van der Waals surface area contributed by atoms with Gasteiger partial charge < -0.3 is 0 Å². The summed E-state index contributed by atoms with van der Waals surface area (Å²) in [5, 5.41) is 8.92. The third kappa shape index (κ3) is 2.27. The van der Waals surface area contributed by atoms with Crippen molar-refractivity contribution in [2.24, 2.45) is 0 Å². The molecule has 8 heavy (non-hydrogen) atoms. The Kier molecular flexibility index (Phi) is 2.29. The highest BCUT2D eigenvalue weighted by Gasteiger charge is 2.22. The maximum absolute atomic E-state index is 8.13.